The van der Waals surface area contributed by atoms with Crippen molar-refractivity contribution in [2.45, 2.75) is 18.9 Å². The summed E-state index contributed by atoms with van der Waals surface area (Å²) in [7, 11) is 0. The van der Waals surface area contributed by atoms with Gasteiger partial charge in [-0.1, -0.05) is 12.1 Å². The molecule has 1 saturated heterocycles. The van der Waals surface area contributed by atoms with Gasteiger partial charge in [-0.25, -0.2) is 4.98 Å². The molecule has 1 atom stereocenters. The van der Waals surface area contributed by atoms with Crippen molar-refractivity contribution in [1.82, 2.24) is 14.8 Å². The fourth-order valence-electron chi connectivity index (χ4n) is 4.02. The Morgan fingerprint density at radius 2 is 2.03 bits per heavy atom. The lowest BCUT2D eigenvalue weighted by Crippen LogP contribution is -2.46. The molecule has 32 heavy (non-hydrogen) atoms. The molecule has 0 radical (unpaired) electrons. The van der Waals surface area contributed by atoms with E-state index < -0.39 is 0 Å². The fourth-order valence-corrected chi connectivity index (χ4v) is 4.02. The number of hydrogen-bond acceptors (Lipinski definition) is 7. The van der Waals surface area contributed by atoms with E-state index in [1.807, 2.05) is 24.3 Å². The number of ether oxygens (including phenoxy) is 2. The van der Waals surface area contributed by atoms with Gasteiger partial charge in [-0.05, 0) is 37.1 Å². The smallest absolute Gasteiger partial charge is 0.258 e. The Balaban J connectivity index is 1.61. The summed E-state index contributed by atoms with van der Waals surface area (Å²) >= 11 is 0. The highest BCUT2D eigenvalue weighted by Gasteiger charge is 2.31. The van der Waals surface area contributed by atoms with Crippen molar-refractivity contribution in [3.8, 4) is 5.75 Å². The molecule has 1 aromatic carbocycles. The van der Waals surface area contributed by atoms with E-state index in [1.165, 1.54) is 4.90 Å². The number of amides is 2. The fraction of sp³-hybridized carbons (Fsp3) is 0.435. The third-order valence-electron chi connectivity index (χ3n) is 5.69. The average molecular weight is 441 g/mol. The number of pyridine rings is 1. The molecular formula is C23H28N4O5. The number of aromatic nitrogens is 1. The van der Waals surface area contributed by atoms with Gasteiger partial charge in [0.05, 0.1) is 37.1 Å². The highest BCUT2D eigenvalue weighted by Crippen LogP contribution is 2.28. The van der Waals surface area contributed by atoms with Crippen molar-refractivity contribution in [3.05, 3.63) is 48.2 Å². The predicted octanol–water partition coefficient (Wildman–Crippen LogP) is 1.66. The molecule has 4 rings (SSSR count). The molecule has 0 aliphatic carbocycles. The van der Waals surface area contributed by atoms with E-state index in [0.717, 1.165) is 12.8 Å². The monoisotopic (exact) mass is 440 g/mol. The number of nitrogens with zero attached hydrogens (tertiary/aromatic N) is 3. The summed E-state index contributed by atoms with van der Waals surface area (Å²) < 4.78 is 11.5. The number of likely N-dealkylation sites (tertiary alicyclic amines) is 1. The molecule has 2 aromatic rings. The second-order valence-electron chi connectivity index (χ2n) is 7.77. The Bertz CT molecular complexity index is 953. The van der Waals surface area contributed by atoms with Crippen LogP contribution in [0.15, 0.2) is 42.6 Å². The van der Waals surface area contributed by atoms with E-state index >= 15 is 0 Å². The Morgan fingerprint density at radius 3 is 2.91 bits per heavy atom. The first-order valence-corrected chi connectivity index (χ1v) is 10.9. The van der Waals surface area contributed by atoms with Crippen molar-refractivity contribution in [2.24, 2.45) is 0 Å². The van der Waals surface area contributed by atoms with Crippen LogP contribution >= 0.6 is 0 Å². The number of nitrogens with one attached hydrogen (secondary N) is 1. The SMILES string of the molecule is O=C1c2cccnc2Nc2ccccc2OCCOCCN1CC(=O)N1CCCC1CO. The molecule has 1 unspecified atom stereocenters. The maximum atomic E-state index is 13.5. The summed E-state index contributed by atoms with van der Waals surface area (Å²) in [6.07, 6.45) is 3.23. The van der Waals surface area contributed by atoms with Crippen LogP contribution < -0.4 is 10.1 Å². The van der Waals surface area contributed by atoms with E-state index in [1.54, 1.807) is 23.2 Å². The van der Waals surface area contributed by atoms with Gasteiger partial charge in [0, 0.05) is 19.3 Å². The largest absolute Gasteiger partial charge is 0.489 e. The topological polar surface area (TPSA) is 104 Å². The summed E-state index contributed by atoms with van der Waals surface area (Å²) in [6, 6.07) is 10.6. The van der Waals surface area contributed by atoms with Crippen LogP contribution in [-0.2, 0) is 9.53 Å². The molecule has 1 fully saturated rings. The van der Waals surface area contributed by atoms with E-state index in [4.69, 9.17) is 9.47 Å². The highest BCUT2D eigenvalue weighted by atomic mass is 16.5. The zero-order valence-corrected chi connectivity index (χ0v) is 17.9. The van der Waals surface area contributed by atoms with E-state index in [2.05, 4.69) is 10.3 Å². The summed E-state index contributed by atoms with van der Waals surface area (Å²) in [5, 5.41) is 12.8. The summed E-state index contributed by atoms with van der Waals surface area (Å²) in [5.41, 5.74) is 1.04. The van der Waals surface area contributed by atoms with Crippen molar-refractivity contribution in [1.29, 1.82) is 0 Å². The Hall–Kier alpha value is -3.17. The van der Waals surface area contributed by atoms with Crippen molar-refractivity contribution >= 4 is 23.3 Å². The normalized spacial score (nSPS) is 19.5. The molecule has 0 bridgehead atoms. The van der Waals surface area contributed by atoms with Gasteiger partial charge >= 0.3 is 0 Å². The molecule has 2 N–H and O–H groups in total. The van der Waals surface area contributed by atoms with Gasteiger partial charge in [0.1, 0.15) is 24.7 Å². The van der Waals surface area contributed by atoms with Gasteiger partial charge in [-0.15, -0.1) is 0 Å². The number of aliphatic hydroxyl groups excluding tert-OH is 1. The van der Waals surface area contributed by atoms with Gasteiger partial charge in [-0.3, -0.25) is 9.59 Å². The van der Waals surface area contributed by atoms with Crippen LogP contribution in [0, 0.1) is 0 Å². The average Bonchev–Trinajstić information content (AvgIpc) is 3.30. The Labute approximate surface area is 186 Å². The van der Waals surface area contributed by atoms with Crippen LogP contribution in [0.1, 0.15) is 23.2 Å². The van der Waals surface area contributed by atoms with E-state index in [9.17, 15) is 14.7 Å². The first-order valence-electron chi connectivity index (χ1n) is 10.9. The second-order valence-corrected chi connectivity index (χ2v) is 7.77. The molecule has 3 heterocycles. The van der Waals surface area contributed by atoms with Gasteiger partial charge in [0.2, 0.25) is 5.91 Å². The number of fused-ring (bicyclic) bond motifs is 2. The minimum absolute atomic E-state index is 0.0706. The zero-order chi connectivity index (χ0) is 22.3. The first kappa shape index (κ1) is 22.0. The van der Waals surface area contributed by atoms with E-state index in [-0.39, 0.29) is 44.2 Å². The number of hydrogen-bond donors (Lipinski definition) is 2. The van der Waals surface area contributed by atoms with Crippen LogP contribution in [0.5, 0.6) is 5.75 Å². The van der Waals surface area contributed by atoms with Crippen LogP contribution in [-0.4, -0.2) is 83.8 Å². The second kappa shape index (κ2) is 10.4. The number of benzene rings is 1. The van der Waals surface area contributed by atoms with Crippen LogP contribution in [0.2, 0.25) is 0 Å². The van der Waals surface area contributed by atoms with Gasteiger partial charge in [0.15, 0.2) is 0 Å². The third kappa shape index (κ3) is 5.00. The molecular weight excluding hydrogens is 412 g/mol. The standard InChI is InChI=1S/C23H28N4O5/c28-16-17-5-4-10-27(17)21(29)15-26-11-12-31-13-14-32-20-8-2-1-7-19(20)25-22-18(23(26)30)6-3-9-24-22/h1-3,6-9,17,28H,4-5,10-16H2,(H,24,25). The zero-order valence-electron chi connectivity index (χ0n) is 17.9. The molecule has 170 valence electrons. The van der Waals surface area contributed by atoms with E-state index in [0.29, 0.717) is 42.6 Å². The Morgan fingerprint density at radius 1 is 1.16 bits per heavy atom. The molecule has 0 saturated carbocycles. The van der Waals surface area contributed by atoms with Crippen molar-refractivity contribution in [2.75, 3.05) is 51.4 Å². The van der Waals surface area contributed by atoms with Gasteiger partial charge in [-0.2, -0.15) is 0 Å². The predicted molar refractivity (Wildman–Crippen MR) is 118 cm³/mol. The number of carbonyl (C=O) groups is 2. The summed E-state index contributed by atoms with van der Waals surface area (Å²) in [6.45, 7) is 1.68. The maximum Gasteiger partial charge on any atom is 0.258 e. The maximum absolute atomic E-state index is 13.5. The number of aliphatic hydroxyl groups is 1. The minimum atomic E-state index is -0.310. The van der Waals surface area contributed by atoms with Crippen LogP contribution in [0.25, 0.3) is 0 Å². The molecule has 2 aliphatic rings. The number of para-hydroxylation sites is 2. The van der Waals surface area contributed by atoms with Gasteiger partial charge < -0.3 is 29.7 Å². The van der Waals surface area contributed by atoms with Gasteiger partial charge in [0.25, 0.3) is 5.91 Å². The first-order chi connectivity index (χ1) is 15.7. The number of rotatable bonds is 3. The van der Waals surface area contributed by atoms with Crippen molar-refractivity contribution in [3.63, 3.8) is 0 Å². The van der Waals surface area contributed by atoms with Crippen LogP contribution in [0.4, 0.5) is 11.5 Å². The lowest BCUT2D eigenvalue weighted by molar-refractivity contribution is -0.133. The lowest BCUT2D eigenvalue weighted by atomic mass is 10.2. The number of anilines is 2. The third-order valence-corrected chi connectivity index (χ3v) is 5.69. The molecule has 9 heteroatoms. The molecule has 9 nitrogen and oxygen atoms in total. The molecule has 2 aliphatic heterocycles. The minimum Gasteiger partial charge on any atom is -0.489 e. The Kier molecular flexibility index (Phi) is 7.18. The van der Waals surface area contributed by atoms with Crippen molar-refractivity contribution < 1.29 is 24.2 Å². The van der Waals surface area contributed by atoms with Crippen LogP contribution in [0.3, 0.4) is 0 Å². The summed E-state index contributed by atoms with van der Waals surface area (Å²) in [5.74, 6) is 0.539. The molecule has 2 amide bonds. The molecule has 0 spiro atoms. The highest BCUT2D eigenvalue weighted by molar-refractivity contribution is 6.01. The molecule has 1 aromatic heterocycles. The quantitative estimate of drug-likeness (QED) is 0.748. The summed E-state index contributed by atoms with van der Waals surface area (Å²) in [4.78, 5) is 34.0. The lowest BCUT2D eigenvalue weighted by Gasteiger charge is -2.28. The number of carbonyl (C=O) groups excluding carboxylic acids is 2.